The number of nitrogens with zero attached hydrogens (tertiary/aromatic N) is 1. The maximum Gasteiger partial charge on any atom is 0.226 e. The van der Waals surface area contributed by atoms with Crippen molar-refractivity contribution >= 4 is 40.7 Å². The molecule has 132 valence electrons. The second kappa shape index (κ2) is 8.88. The van der Waals surface area contributed by atoms with Gasteiger partial charge in [0.1, 0.15) is 0 Å². The Kier molecular flexibility index (Phi) is 6.85. The minimum atomic E-state index is -0.223. The summed E-state index contributed by atoms with van der Waals surface area (Å²) >= 11 is 11.9. The summed E-state index contributed by atoms with van der Waals surface area (Å²) in [7, 11) is 0. The van der Waals surface area contributed by atoms with Crippen LogP contribution in [0.2, 0.25) is 10.0 Å². The first-order valence-electron chi connectivity index (χ1n) is 7.91. The van der Waals surface area contributed by atoms with Gasteiger partial charge in [-0.25, -0.2) is 0 Å². The Morgan fingerprint density at radius 2 is 1.76 bits per heavy atom. The van der Waals surface area contributed by atoms with E-state index in [1.807, 2.05) is 31.2 Å². The summed E-state index contributed by atoms with van der Waals surface area (Å²) in [5.41, 5.74) is 2.65. The normalized spacial score (nSPS) is 10.4. The fourth-order valence-electron chi connectivity index (χ4n) is 2.30. The van der Waals surface area contributed by atoms with Crippen LogP contribution in [0.4, 0.5) is 5.69 Å². The van der Waals surface area contributed by atoms with Crippen LogP contribution >= 0.6 is 23.2 Å². The number of benzene rings is 2. The van der Waals surface area contributed by atoms with Crippen LogP contribution in [0.5, 0.6) is 0 Å². The van der Waals surface area contributed by atoms with Crippen LogP contribution in [0.15, 0.2) is 42.5 Å². The van der Waals surface area contributed by atoms with E-state index in [4.69, 9.17) is 23.2 Å². The molecule has 4 nitrogen and oxygen atoms in total. The zero-order valence-electron chi connectivity index (χ0n) is 14.2. The number of rotatable bonds is 6. The van der Waals surface area contributed by atoms with Gasteiger partial charge < -0.3 is 10.2 Å². The Balaban J connectivity index is 1.93. The molecular formula is C19H20Cl2N2O2. The highest BCUT2D eigenvalue weighted by Crippen LogP contribution is 2.25. The Hall–Kier alpha value is -2.04. The lowest BCUT2D eigenvalue weighted by atomic mass is 10.1. The number of carbonyl (C=O) groups excluding carboxylic acids is 2. The van der Waals surface area contributed by atoms with E-state index in [1.165, 1.54) is 6.92 Å². The summed E-state index contributed by atoms with van der Waals surface area (Å²) in [5.74, 6) is -0.298. The Morgan fingerprint density at radius 3 is 2.40 bits per heavy atom. The van der Waals surface area contributed by atoms with Gasteiger partial charge in [-0.2, -0.15) is 0 Å². The minimum Gasteiger partial charge on any atom is -0.338 e. The molecule has 6 heteroatoms. The van der Waals surface area contributed by atoms with E-state index in [-0.39, 0.29) is 18.2 Å². The van der Waals surface area contributed by atoms with Crippen LogP contribution in [0.1, 0.15) is 24.5 Å². The third kappa shape index (κ3) is 6.07. The molecule has 0 aromatic heterocycles. The van der Waals surface area contributed by atoms with Crippen molar-refractivity contribution in [3.8, 4) is 0 Å². The molecule has 1 N–H and O–H groups in total. The predicted octanol–water partition coefficient (Wildman–Crippen LogP) is 4.68. The summed E-state index contributed by atoms with van der Waals surface area (Å²) in [6, 6.07) is 12.8. The Labute approximate surface area is 157 Å². The molecular weight excluding hydrogens is 359 g/mol. The van der Waals surface area contributed by atoms with Crippen molar-refractivity contribution in [1.29, 1.82) is 0 Å². The average Bonchev–Trinajstić information content (AvgIpc) is 2.56. The maximum absolute atomic E-state index is 12.1. The smallest absolute Gasteiger partial charge is 0.226 e. The summed E-state index contributed by atoms with van der Waals surface area (Å²) in [6.07, 6.45) is 0.175. The predicted molar refractivity (Wildman–Crippen MR) is 102 cm³/mol. The van der Waals surface area contributed by atoms with E-state index >= 15 is 0 Å². The zero-order chi connectivity index (χ0) is 18.4. The standard InChI is InChI=1S/C19H20Cl2N2O2/c1-13-3-5-15(6-4-13)12-23(14(2)24)10-9-19(25)22-18-11-16(20)7-8-17(18)21/h3-8,11H,9-10,12H2,1-2H3,(H,22,25). The summed E-state index contributed by atoms with van der Waals surface area (Å²) < 4.78 is 0. The highest BCUT2D eigenvalue weighted by Gasteiger charge is 2.13. The molecule has 0 aliphatic rings. The highest BCUT2D eigenvalue weighted by atomic mass is 35.5. The quantitative estimate of drug-likeness (QED) is 0.792. The Bertz CT molecular complexity index is 761. The zero-order valence-corrected chi connectivity index (χ0v) is 15.7. The molecule has 0 aliphatic heterocycles. The lowest BCUT2D eigenvalue weighted by Gasteiger charge is -2.21. The second-order valence-electron chi connectivity index (χ2n) is 5.85. The number of carbonyl (C=O) groups is 2. The van der Waals surface area contributed by atoms with Gasteiger partial charge in [-0.1, -0.05) is 53.0 Å². The first-order valence-corrected chi connectivity index (χ1v) is 8.66. The average molecular weight is 379 g/mol. The molecule has 0 bridgehead atoms. The molecule has 0 saturated carbocycles. The molecule has 0 radical (unpaired) electrons. The van der Waals surface area contributed by atoms with Gasteiger partial charge in [-0.05, 0) is 30.7 Å². The van der Waals surface area contributed by atoms with Gasteiger partial charge in [0, 0.05) is 31.5 Å². The van der Waals surface area contributed by atoms with Gasteiger partial charge in [-0.15, -0.1) is 0 Å². The fraction of sp³-hybridized carbons (Fsp3) is 0.263. The maximum atomic E-state index is 12.1. The van der Waals surface area contributed by atoms with Gasteiger partial charge in [0.25, 0.3) is 0 Å². The van der Waals surface area contributed by atoms with Crippen LogP contribution in [0.25, 0.3) is 0 Å². The third-order valence-electron chi connectivity index (χ3n) is 3.75. The first-order chi connectivity index (χ1) is 11.8. The minimum absolute atomic E-state index is 0.0748. The van der Waals surface area contributed by atoms with Crippen molar-refractivity contribution in [3.63, 3.8) is 0 Å². The Morgan fingerprint density at radius 1 is 1.08 bits per heavy atom. The summed E-state index contributed by atoms with van der Waals surface area (Å²) in [6.45, 7) is 4.31. The first kappa shape index (κ1) is 19.3. The van der Waals surface area contributed by atoms with Gasteiger partial charge >= 0.3 is 0 Å². The molecule has 0 unspecified atom stereocenters. The van der Waals surface area contributed by atoms with Crippen LogP contribution in [-0.2, 0) is 16.1 Å². The largest absolute Gasteiger partial charge is 0.338 e. The van der Waals surface area contributed by atoms with Crippen LogP contribution in [0.3, 0.4) is 0 Å². The fourth-order valence-corrected chi connectivity index (χ4v) is 2.64. The molecule has 0 heterocycles. The molecule has 2 rings (SSSR count). The van der Waals surface area contributed by atoms with Crippen molar-refractivity contribution in [1.82, 2.24) is 4.90 Å². The highest BCUT2D eigenvalue weighted by molar-refractivity contribution is 6.35. The van der Waals surface area contributed by atoms with Gasteiger partial charge in [0.15, 0.2) is 0 Å². The van der Waals surface area contributed by atoms with Gasteiger partial charge in [-0.3, -0.25) is 9.59 Å². The monoisotopic (exact) mass is 378 g/mol. The summed E-state index contributed by atoms with van der Waals surface area (Å²) in [5, 5.41) is 3.63. The topological polar surface area (TPSA) is 49.4 Å². The van der Waals surface area contributed by atoms with E-state index in [2.05, 4.69) is 5.32 Å². The van der Waals surface area contributed by atoms with Crippen LogP contribution in [-0.4, -0.2) is 23.3 Å². The van der Waals surface area contributed by atoms with E-state index in [1.54, 1.807) is 23.1 Å². The number of amides is 2. The van der Waals surface area contributed by atoms with Crippen molar-refractivity contribution in [3.05, 3.63) is 63.6 Å². The summed E-state index contributed by atoms with van der Waals surface area (Å²) in [4.78, 5) is 25.6. The van der Waals surface area contributed by atoms with Gasteiger partial charge in [0.2, 0.25) is 11.8 Å². The second-order valence-corrected chi connectivity index (χ2v) is 6.69. The molecule has 0 fully saturated rings. The lowest BCUT2D eigenvalue weighted by Crippen LogP contribution is -2.31. The van der Waals surface area contributed by atoms with E-state index < -0.39 is 0 Å². The van der Waals surface area contributed by atoms with E-state index in [0.29, 0.717) is 28.8 Å². The molecule has 0 saturated heterocycles. The number of hydrogen-bond acceptors (Lipinski definition) is 2. The van der Waals surface area contributed by atoms with Gasteiger partial charge in [0.05, 0.1) is 10.7 Å². The molecule has 2 aromatic carbocycles. The lowest BCUT2D eigenvalue weighted by molar-refractivity contribution is -0.129. The molecule has 0 spiro atoms. The van der Waals surface area contributed by atoms with Crippen LogP contribution < -0.4 is 5.32 Å². The number of aryl methyl sites for hydroxylation is 1. The van der Waals surface area contributed by atoms with Crippen molar-refractivity contribution in [2.75, 3.05) is 11.9 Å². The molecule has 0 aliphatic carbocycles. The number of nitrogens with one attached hydrogen (secondary N) is 1. The third-order valence-corrected chi connectivity index (χ3v) is 4.32. The SMILES string of the molecule is CC(=O)N(CCC(=O)Nc1cc(Cl)ccc1Cl)Cc1ccc(C)cc1. The molecule has 2 amide bonds. The molecule has 0 atom stereocenters. The van der Waals surface area contributed by atoms with E-state index in [0.717, 1.165) is 11.1 Å². The number of anilines is 1. The van der Waals surface area contributed by atoms with E-state index in [9.17, 15) is 9.59 Å². The number of hydrogen-bond donors (Lipinski definition) is 1. The van der Waals surface area contributed by atoms with Crippen LogP contribution in [0, 0.1) is 6.92 Å². The molecule has 25 heavy (non-hydrogen) atoms. The number of halogens is 2. The van der Waals surface area contributed by atoms with Crippen molar-refractivity contribution in [2.45, 2.75) is 26.8 Å². The van der Waals surface area contributed by atoms with Crippen molar-refractivity contribution < 1.29 is 9.59 Å². The molecule has 2 aromatic rings. The van der Waals surface area contributed by atoms with Crippen molar-refractivity contribution in [2.24, 2.45) is 0 Å².